The Morgan fingerprint density at radius 3 is 2.64 bits per heavy atom. The molecule has 1 aliphatic carbocycles. The summed E-state index contributed by atoms with van der Waals surface area (Å²) in [5, 5.41) is 0. The molecular formula is C17H24N4O. The van der Waals surface area contributed by atoms with Gasteiger partial charge in [-0.15, -0.1) is 0 Å². The number of carbonyl (C=O) groups excluding carboxylic acids is 1. The number of amides is 1. The largest absolute Gasteiger partial charge is 0.343 e. The van der Waals surface area contributed by atoms with Crippen LogP contribution in [0.3, 0.4) is 0 Å². The van der Waals surface area contributed by atoms with Gasteiger partial charge in [0.25, 0.3) is 0 Å². The third kappa shape index (κ3) is 2.74. The van der Waals surface area contributed by atoms with Gasteiger partial charge in [0.1, 0.15) is 5.82 Å². The van der Waals surface area contributed by atoms with Crippen LogP contribution in [0.15, 0.2) is 6.20 Å². The average Bonchev–Trinajstić information content (AvgIpc) is 3.39. The van der Waals surface area contributed by atoms with Crippen LogP contribution in [0.5, 0.6) is 0 Å². The average molecular weight is 300 g/mol. The molecule has 5 heteroatoms. The number of piperidine rings is 1. The minimum absolute atomic E-state index is 0.212. The molecule has 0 radical (unpaired) electrons. The smallest absolute Gasteiger partial charge is 0.219 e. The van der Waals surface area contributed by atoms with Crippen LogP contribution in [0.1, 0.15) is 55.6 Å². The van der Waals surface area contributed by atoms with E-state index in [0.29, 0.717) is 12.0 Å². The van der Waals surface area contributed by atoms with Gasteiger partial charge in [0.05, 0.1) is 0 Å². The second-order valence-corrected chi connectivity index (χ2v) is 6.93. The number of hydrogen-bond donors (Lipinski definition) is 0. The summed E-state index contributed by atoms with van der Waals surface area (Å²) in [5.74, 6) is 1.92. The van der Waals surface area contributed by atoms with Gasteiger partial charge in [-0.2, -0.15) is 0 Å². The van der Waals surface area contributed by atoms with Crippen LogP contribution in [0.2, 0.25) is 0 Å². The summed E-state index contributed by atoms with van der Waals surface area (Å²) in [6.07, 6.45) is 7.82. The molecule has 0 aromatic carbocycles. The summed E-state index contributed by atoms with van der Waals surface area (Å²) in [5.41, 5.74) is 2.58. The van der Waals surface area contributed by atoms with Crippen molar-refractivity contribution in [1.29, 1.82) is 0 Å². The molecule has 1 saturated carbocycles. The first-order valence-electron chi connectivity index (χ1n) is 8.55. The molecule has 0 bridgehead atoms. The highest BCUT2D eigenvalue weighted by Gasteiger charge is 2.31. The molecule has 22 heavy (non-hydrogen) atoms. The standard InChI is InChI=1S/C17H24N4O/c1-12(22)20-7-4-15(5-8-20)21-9-6-16-14(11-21)10-18-17(19-16)13-2-3-13/h10,13,15H,2-9,11H2,1H3. The van der Waals surface area contributed by atoms with Gasteiger partial charge >= 0.3 is 0 Å². The third-order valence-electron chi connectivity index (χ3n) is 5.35. The zero-order valence-corrected chi connectivity index (χ0v) is 13.3. The number of rotatable bonds is 2. The van der Waals surface area contributed by atoms with E-state index in [1.165, 1.54) is 24.1 Å². The lowest BCUT2D eigenvalue weighted by atomic mass is 9.98. The number of aromatic nitrogens is 2. The van der Waals surface area contributed by atoms with Crippen LogP contribution < -0.4 is 0 Å². The molecule has 0 N–H and O–H groups in total. The van der Waals surface area contributed by atoms with Gasteiger partial charge in [-0.05, 0) is 25.7 Å². The molecule has 0 unspecified atom stereocenters. The Kier molecular flexibility index (Phi) is 3.60. The summed E-state index contributed by atoms with van der Waals surface area (Å²) >= 11 is 0. The first-order chi connectivity index (χ1) is 10.7. The van der Waals surface area contributed by atoms with Gasteiger partial charge in [-0.3, -0.25) is 9.69 Å². The van der Waals surface area contributed by atoms with Crippen molar-refractivity contribution in [1.82, 2.24) is 19.8 Å². The van der Waals surface area contributed by atoms with Crippen molar-refractivity contribution in [2.24, 2.45) is 0 Å². The number of fused-ring (bicyclic) bond motifs is 1. The molecular weight excluding hydrogens is 276 g/mol. The fraction of sp³-hybridized carbons (Fsp3) is 0.706. The van der Waals surface area contributed by atoms with Crippen molar-refractivity contribution in [3.63, 3.8) is 0 Å². The zero-order valence-electron chi connectivity index (χ0n) is 13.3. The molecule has 1 amide bonds. The molecule has 0 atom stereocenters. The predicted octanol–water partition coefficient (Wildman–Crippen LogP) is 1.72. The highest BCUT2D eigenvalue weighted by molar-refractivity contribution is 5.73. The molecule has 2 aliphatic heterocycles. The molecule has 3 aliphatic rings. The molecule has 1 aromatic rings. The Morgan fingerprint density at radius 2 is 1.95 bits per heavy atom. The van der Waals surface area contributed by atoms with E-state index in [9.17, 15) is 4.79 Å². The quantitative estimate of drug-likeness (QED) is 0.834. The fourth-order valence-corrected chi connectivity index (χ4v) is 3.75. The van der Waals surface area contributed by atoms with Crippen molar-refractivity contribution in [3.05, 3.63) is 23.3 Å². The van der Waals surface area contributed by atoms with Crippen LogP contribution in [0.4, 0.5) is 0 Å². The Bertz CT molecular complexity index is 576. The van der Waals surface area contributed by atoms with E-state index in [-0.39, 0.29) is 5.91 Å². The maximum Gasteiger partial charge on any atom is 0.219 e. The van der Waals surface area contributed by atoms with Crippen molar-refractivity contribution in [2.45, 2.75) is 57.5 Å². The molecule has 5 nitrogen and oxygen atoms in total. The van der Waals surface area contributed by atoms with E-state index in [0.717, 1.165) is 51.3 Å². The van der Waals surface area contributed by atoms with Crippen LogP contribution in [-0.2, 0) is 17.8 Å². The Balaban J connectivity index is 1.41. The molecule has 0 spiro atoms. The molecule has 118 valence electrons. The van der Waals surface area contributed by atoms with Crippen molar-refractivity contribution in [2.75, 3.05) is 19.6 Å². The van der Waals surface area contributed by atoms with Gasteiger partial charge < -0.3 is 4.90 Å². The number of hydrogen-bond acceptors (Lipinski definition) is 4. The van der Waals surface area contributed by atoms with Gasteiger partial charge in [0, 0.05) is 68.9 Å². The first-order valence-corrected chi connectivity index (χ1v) is 8.55. The summed E-state index contributed by atoms with van der Waals surface area (Å²) in [6, 6.07) is 0.604. The summed E-state index contributed by atoms with van der Waals surface area (Å²) < 4.78 is 0. The van der Waals surface area contributed by atoms with E-state index in [4.69, 9.17) is 4.98 Å². The SMILES string of the molecule is CC(=O)N1CCC(N2CCc3nc(C4CC4)ncc3C2)CC1. The number of nitrogens with zero attached hydrogens (tertiary/aromatic N) is 4. The van der Waals surface area contributed by atoms with Crippen LogP contribution in [0.25, 0.3) is 0 Å². The Labute approximate surface area is 131 Å². The Hall–Kier alpha value is -1.49. The minimum Gasteiger partial charge on any atom is -0.343 e. The topological polar surface area (TPSA) is 49.3 Å². The fourth-order valence-electron chi connectivity index (χ4n) is 3.75. The van der Waals surface area contributed by atoms with E-state index >= 15 is 0 Å². The minimum atomic E-state index is 0.212. The highest BCUT2D eigenvalue weighted by Crippen LogP contribution is 2.38. The van der Waals surface area contributed by atoms with Gasteiger partial charge in [0.15, 0.2) is 0 Å². The Morgan fingerprint density at radius 1 is 1.18 bits per heavy atom. The van der Waals surface area contributed by atoms with E-state index in [1.807, 2.05) is 4.90 Å². The van der Waals surface area contributed by atoms with Crippen molar-refractivity contribution < 1.29 is 4.79 Å². The summed E-state index contributed by atoms with van der Waals surface area (Å²) in [6.45, 7) is 5.55. The van der Waals surface area contributed by atoms with Gasteiger partial charge in [-0.25, -0.2) is 9.97 Å². The van der Waals surface area contributed by atoms with Gasteiger partial charge in [-0.1, -0.05) is 0 Å². The van der Waals surface area contributed by atoms with Crippen molar-refractivity contribution >= 4 is 5.91 Å². The summed E-state index contributed by atoms with van der Waals surface area (Å²) in [7, 11) is 0. The first kappa shape index (κ1) is 14.1. The summed E-state index contributed by atoms with van der Waals surface area (Å²) in [4.78, 5) is 25.4. The maximum absolute atomic E-state index is 11.4. The number of likely N-dealkylation sites (tertiary alicyclic amines) is 1. The predicted molar refractivity (Wildman–Crippen MR) is 83.4 cm³/mol. The van der Waals surface area contributed by atoms with Crippen LogP contribution >= 0.6 is 0 Å². The molecule has 1 aromatic heterocycles. The second-order valence-electron chi connectivity index (χ2n) is 6.93. The molecule has 1 saturated heterocycles. The van der Waals surface area contributed by atoms with E-state index in [1.54, 1.807) is 6.92 Å². The van der Waals surface area contributed by atoms with Gasteiger partial charge in [0.2, 0.25) is 5.91 Å². The lowest BCUT2D eigenvalue weighted by molar-refractivity contribution is -0.130. The lowest BCUT2D eigenvalue weighted by Crippen LogP contribution is -2.47. The number of carbonyl (C=O) groups is 1. The van der Waals surface area contributed by atoms with E-state index < -0.39 is 0 Å². The molecule has 4 rings (SSSR count). The van der Waals surface area contributed by atoms with Crippen LogP contribution in [0, 0.1) is 0 Å². The van der Waals surface area contributed by atoms with Crippen LogP contribution in [-0.4, -0.2) is 51.4 Å². The monoisotopic (exact) mass is 300 g/mol. The highest BCUT2D eigenvalue weighted by atomic mass is 16.2. The third-order valence-corrected chi connectivity index (χ3v) is 5.35. The second kappa shape index (κ2) is 5.61. The van der Waals surface area contributed by atoms with E-state index in [2.05, 4.69) is 16.1 Å². The lowest BCUT2D eigenvalue weighted by Gasteiger charge is -2.40. The molecule has 2 fully saturated rings. The maximum atomic E-state index is 11.4. The normalized spacial score (nSPS) is 23.4. The molecule has 3 heterocycles. The van der Waals surface area contributed by atoms with Crippen molar-refractivity contribution in [3.8, 4) is 0 Å². The zero-order chi connectivity index (χ0) is 15.1.